The summed E-state index contributed by atoms with van der Waals surface area (Å²) in [5.74, 6) is 3.85. The Hall–Kier alpha value is -0.870. The zero-order valence-corrected chi connectivity index (χ0v) is 13.7. The molecule has 20 heavy (non-hydrogen) atoms. The summed E-state index contributed by atoms with van der Waals surface area (Å²) >= 11 is 1.89. The second-order valence-corrected chi connectivity index (χ2v) is 5.83. The van der Waals surface area contributed by atoms with E-state index in [2.05, 4.69) is 31.3 Å². The van der Waals surface area contributed by atoms with Gasteiger partial charge in [-0.15, -0.1) is 0 Å². The molecule has 0 unspecified atom stereocenters. The number of thioether (sulfide) groups is 1. The van der Waals surface area contributed by atoms with Gasteiger partial charge in [0.25, 0.3) is 0 Å². The van der Waals surface area contributed by atoms with Crippen LogP contribution in [0.5, 0.6) is 11.5 Å². The van der Waals surface area contributed by atoms with E-state index in [0.29, 0.717) is 6.61 Å². The van der Waals surface area contributed by atoms with Gasteiger partial charge in [-0.05, 0) is 43.3 Å². The molecule has 114 valence electrons. The third-order valence-electron chi connectivity index (χ3n) is 2.75. The largest absolute Gasteiger partial charge is 0.490 e. The molecule has 1 N–H and O–H groups in total. The highest BCUT2D eigenvalue weighted by molar-refractivity contribution is 7.99. The first kappa shape index (κ1) is 17.2. The summed E-state index contributed by atoms with van der Waals surface area (Å²) in [5.41, 5.74) is 1.23. The van der Waals surface area contributed by atoms with Crippen LogP contribution in [0, 0.1) is 0 Å². The Kier molecular flexibility index (Phi) is 9.33. The molecule has 0 aliphatic heterocycles. The first-order valence-electron chi connectivity index (χ1n) is 7.48. The number of hydrogen-bond donors (Lipinski definition) is 1. The number of rotatable bonds is 11. The Morgan fingerprint density at radius 1 is 1.10 bits per heavy atom. The van der Waals surface area contributed by atoms with Crippen molar-refractivity contribution < 1.29 is 9.47 Å². The van der Waals surface area contributed by atoms with Crippen LogP contribution in [0.3, 0.4) is 0 Å². The molecule has 1 rings (SSSR count). The number of hydrogen-bond acceptors (Lipinski definition) is 4. The van der Waals surface area contributed by atoms with Gasteiger partial charge in [-0.1, -0.05) is 19.9 Å². The van der Waals surface area contributed by atoms with Gasteiger partial charge in [0.15, 0.2) is 11.5 Å². The fourth-order valence-electron chi connectivity index (χ4n) is 1.81. The van der Waals surface area contributed by atoms with Gasteiger partial charge in [0.1, 0.15) is 0 Å². The van der Waals surface area contributed by atoms with Crippen LogP contribution in [0.1, 0.15) is 32.8 Å². The van der Waals surface area contributed by atoms with E-state index in [1.54, 1.807) is 0 Å². The van der Waals surface area contributed by atoms with E-state index in [1.165, 1.54) is 5.56 Å². The standard InChI is InChI=1S/C16H27NO2S/c1-4-9-17-13-14-7-8-15(16(12-14)18-5-2)19-10-11-20-6-3/h7-8,12,17H,4-6,9-11,13H2,1-3H3. The zero-order valence-electron chi connectivity index (χ0n) is 12.9. The van der Waals surface area contributed by atoms with Gasteiger partial charge in [-0.25, -0.2) is 0 Å². The maximum Gasteiger partial charge on any atom is 0.161 e. The number of nitrogens with one attached hydrogen (secondary N) is 1. The van der Waals surface area contributed by atoms with Gasteiger partial charge in [0.2, 0.25) is 0 Å². The molecule has 0 saturated carbocycles. The van der Waals surface area contributed by atoms with Crippen LogP contribution in [-0.4, -0.2) is 31.3 Å². The molecule has 0 fully saturated rings. The summed E-state index contributed by atoms with van der Waals surface area (Å²) in [6.45, 7) is 9.63. The summed E-state index contributed by atoms with van der Waals surface area (Å²) in [4.78, 5) is 0. The molecule has 0 spiro atoms. The average Bonchev–Trinajstić information content (AvgIpc) is 2.46. The smallest absolute Gasteiger partial charge is 0.161 e. The van der Waals surface area contributed by atoms with Gasteiger partial charge in [-0.3, -0.25) is 0 Å². The molecule has 4 heteroatoms. The van der Waals surface area contributed by atoms with Crippen molar-refractivity contribution in [3.8, 4) is 11.5 Å². The van der Waals surface area contributed by atoms with Crippen molar-refractivity contribution in [2.24, 2.45) is 0 Å². The molecule has 0 radical (unpaired) electrons. The van der Waals surface area contributed by atoms with Crippen molar-refractivity contribution in [2.45, 2.75) is 33.7 Å². The SMILES string of the molecule is CCCNCc1ccc(OCCSCC)c(OCC)c1. The monoisotopic (exact) mass is 297 g/mol. The summed E-state index contributed by atoms with van der Waals surface area (Å²) in [7, 11) is 0. The molecule has 3 nitrogen and oxygen atoms in total. The highest BCUT2D eigenvalue weighted by Gasteiger charge is 2.06. The maximum atomic E-state index is 5.81. The molecule has 0 aliphatic rings. The summed E-state index contributed by atoms with van der Waals surface area (Å²) in [6.07, 6.45) is 1.15. The molecular weight excluding hydrogens is 270 g/mol. The molecule has 1 aromatic rings. The predicted molar refractivity (Wildman–Crippen MR) is 88.1 cm³/mol. The van der Waals surface area contributed by atoms with E-state index < -0.39 is 0 Å². The average molecular weight is 297 g/mol. The first-order valence-corrected chi connectivity index (χ1v) is 8.64. The normalized spacial score (nSPS) is 10.6. The van der Waals surface area contributed by atoms with Gasteiger partial charge >= 0.3 is 0 Å². The maximum absolute atomic E-state index is 5.81. The third-order valence-corrected chi connectivity index (χ3v) is 3.62. The second kappa shape index (κ2) is 10.9. The van der Waals surface area contributed by atoms with E-state index in [0.717, 1.165) is 49.1 Å². The van der Waals surface area contributed by atoms with E-state index >= 15 is 0 Å². The molecule has 0 atom stereocenters. The summed E-state index contributed by atoms with van der Waals surface area (Å²) in [5, 5.41) is 3.40. The minimum atomic E-state index is 0.659. The predicted octanol–water partition coefficient (Wildman–Crippen LogP) is 3.72. The van der Waals surface area contributed by atoms with Gasteiger partial charge in [-0.2, -0.15) is 11.8 Å². The number of benzene rings is 1. The van der Waals surface area contributed by atoms with E-state index in [-0.39, 0.29) is 0 Å². The van der Waals surface area contributed by atoms with E-state index in [4.69, 9.17) is 9.47 Å². The van der Waals surface area contributed by atoms with Crippen LogP contribution in [0.4, 0.5) is 0 Å². The van der Waals surface area contributed by atoms with Gasteiger partial charge in [0.05, 0.1) is 13.2 Å². The van der Waals surface area contributed by atoms with Crippen LogP contribution in [0.2, 0.25) is 0 Å². The van der Waals surface area contributed by atoms with Crippen LogP contribution < -0.4 is 14.8 Å². The minimum Gasteiger partial charge on any atom is -0.490 e. The van der Waals surface area contributed by atoms with Crippen molar-refractivity contribution in [1.82, 2.24) is 5.32 Å². The van der Waals surface area contributed by atoms with E-state index in [1.807, 2.05) is 24.8 Å². The fourth-order valence-corrected chi connectivity index (χ4v) is 2.30. The lowest BCUT2D eigenvalue weighted by Crippen LogP contribution is -2.14. The minimum absolute atomic E-state index is 0.659. The zero-order chi connectivity index (χ0) is 14.6. The van der Waals surface area contributed by atoms with E-state index in [9.17, 15) is 0 Å². The molecule has 0 bridgehead atoms. The Morgan fingerprint density at radius 3 is 2.65 bits per heavy atom. The first-order chi connectivity index (χ1) is 9.81. The molecule has 1 aromatic carbocycles. The Bertz CT molecular complexity index is 371. The second-order valence-electron chi connectivity index (χ2n) is 4.44. The number of ether oxygens (including phenoxy) is 2. The summed E-state index contributed by atoms with van der Waals surface area (Å²) < 4.78 is 11.5. The Labute approximate surface area is 127 Å². The van der Waals surface area contributed by atoms with Crippen molar-refractivity contribution in [3.05, 3.63) is 23.8 Å². The highest BCUT2D eigenvalue weighted by Crippen LogP contribution is 2.28. The molecule has 0 aliphatic carbocycles. The van der Waals surface area contributed by atoms with Gasteiger partial charge in [0, 0.05) is 12.3 Å². The fraction of sp³-hybridized carbons (Fsp3) is 0.625. The quantitative estimate of drug-likeness (QED) is 0.631. The lowest BCUT2D eigenvalue weighted by Gasteiger charge is -2.13. The lowest BCUT2D eigenvalue weighted by atomic mass is 10.2. The van der Waals surface area contributed by atoms with Crippen LogP contribution in [-0.2, 0) is 6.54 Å². The molecular formula is C16H27NO2S. The van der Waals surface area contributed by atoms with Crippen LogP contribution in [0.15, 0.2) is 18.2 Å². The van der Waals surface area contributed by atoms with Crippen molar-refractivity contribution in [1.29, 1.82) is 0 Å². The molecule has 0 aromatic heterocycles. The highest BCUT2D eigenvalue weighted by atomic mass is 32.2. The Balaban J connectivity index is 2.58. The topological polar surface area (TPSA) is 30.5 Å². The van der Waals surface area contributed by atoms with Gasteiger partial charge < -0.3 is 14.8 Å². The van der Waals surface area contributed by atoms with Crippen LogP contribution >= 0.6 is 11.8 Å². The Morgan fingerprint density at radius 2 is 1.95 bits per heavy atom. The molecule has 0 saturated heterocycles. The summed E-state index contributed by atoms with van der Waals surface area (Å²) in [6, 6.07) is 6.20. The van der Waals surface area contributed by atoms with Crippen molar-refractivity contribution in [2.75, 3.05) is 31.3 Å². The van der Waals surface area contributed by atoms with Crippen molar-refractivity contribution in [3.63, 3.8) is 0 Å². The lowest BCUT2D eigenvalue weighted by molar-refractivity contribution is 0.289. The molecule has 0 heterocycles. The van der Waals surface area contributed by atoms with Crippen molar-refractivity contribution >= 4 is 11.8 Å². The third kappa shape index (κ3) is 6.53. The molecule has 0 amide bonds. The van der Waals surface area contributed by atoms with Crippen LogP contribution in [0.25, 0.3) is 0 Å².